The van der Waals surface area contributed by atoms with Crippen LogP contribution in [0.25, 0.3) is 0 Å². The largest absolute Gasteiger partial charge is 0.481 e. The smallest absolute Gasteiger partial charge is 0.307 e. The molecule has 0 radical (unpaired) electrons. The molecule has 2 atom stereocenters. The topological polar surface area (TPSA) is 57.6 Å². The number of nitrogens with zero attached hydrogens (tertiary/aromatic N) is 1. The van der Waals surface area contributed by atoms with Gasteiger partial charge in [0.2, 0.25) is 5.91 Å². The van der Waals surface area contributed by atoms with Gasteiger partial charge in [0.1, 0.15) is 0 Å². The van der Waals surface area contributed by atoms with Crippen LogP contribution in [0, 0.1) is 11.8 Å². The molecule has 1 aromatic carbocycles. The van der Waals surface area contributed by atoms with Crippen LogP contribution in [0.4, 0.5) is 0 Å². The third-order valence-corrected chi connectivity index (χ3v) is 3.63. The first-order valence-corrected chi connectivity index (χ1v) is 6.91. The van der Waals surface area contributed by atoms with Crippen LogP contribution in [-0.4, -0.2) is 27.9 Å². The summed E-state index contributed by atoms with van der Waals surface area (Å²) in [7, 11) is 0. The maximum Gasteiger partial charge on any atom is 0.307 e. The Morgan fingerprint density at radius 1 is 1.05 bits per heavy atom. The van der Waals surface area contributed by atoms with E-state index in [0.717, 1.165) is 5.56 Å². The van der Waals surface area contributed by atoms with Crippen molar-refractivity contribution in [3.8, 4) is 0 Å². The van der Waals surface area contributed by atoms with Crippen LogP contribution in [0.1, 0.15) is 33.3 Å². The predicted molar refractivity (Wildman–Crippen MR) is 78.1 cm³/mol. The van der Waals surface area contributed by atoms with Crippen LogP contribution >= 0.6 is 0 Å². The van der Waals surface area contributed by atoms with Gasteiger partial charge < -0.3 is 10.0 Å². The molecule has 1 amide bonds. The Kier molecular flexibility index (Phi) is 5.74. The molecule has 20 heavy (non-hydrogen) atoms. The highest BCUT2D eigenvalue weighted by Gasteiger charge is 2.30. The lowest BCUT2D eigenvalue weighted by molar-refractivity contribution is -0.150. The van der Waals surface area contributed by atoms with Gasteiger partial charge in [-0.3, -0.25) is 9.59 Å². The molecule has 0 spiro atoms. The number of carboxylic acids is 1. The van der Waals surface area contributed by atoms with Gasteiger partial charge in [0.15, 0.2) is 0 Å². The molecule has 1 N–H and O–H groups in total. The summed E-state index contributed by atoms with van der Waals surface area (Å²) < 4.78 is 0. The van der Waals surface area contributed by atoms with E-state index in [1.807, 2.05) is 44.2 Å². The van der Waals surface area contributed by atoms with Crippen LogP contribution in [0.15, 0.2) is 30.3 Å². The monoisotopic (exact) mass is 277 g/mol. The summed E-state index contributed by atoms with van der Waals surface area (Å²) in [6.45, 7) is 7.65. The van der Waals surface area contributed by atoms with E-state index in [0.29, 0.717) is 6.54 Å². The average molecular weight is 277 g/mol. The molecule has 1 aromatic rings. The number of hydrogen-bond acceptors (Lipinski definition) is 2. The zero-order chi connectivity index (χ0) is 15.3. The highest BCUT2D eigenvalue weighted by atomic mass is 16.4. The number of hydrogen-bond donors (Lipinski definition) is 1. The molecule has 0 fully saturated rings. The maximum atomic E-state index is 12.5. The molecule has 0 saturated carbocycles. The first-order chi connectivity index (χ1) is 9.34. The number of carbonyl (C=O) groups excluding carboxylic acids is 1. The molecular formula is C16H23NO3. The molecule has 0 aromatic heterocycles. The van der Waals surface area contributed by atoms with Crippen LogP contribution < -0.4 is 0 Å². The molecule has 0 bridgehead atoms. The summed E-state index contributed by atoms with van der Waals surface area (Å²) >= 11 is 0. The first-order valence-electron chi connectivity index (χ1n) is 6.91. The summed E-state index contributed by atoms with van der Waals surface area (Å²) in [6, 6.07) is 9.76. The second-order valence-electron chi connectivity index (χ2n) is 5.46. The van der Waals surface area contributed by atoms with Gasteiger partial charge in [-0.1, -0.05) is 44.2 Å². The normalized spacial score (nSPS) is 13.8. The van der Waals surface area contributed by atoms with Crippen LogP contribution in [0.5, 0.6) is 0 Å². The number of carbonyl (C=O) groups is 2. The van der Waals surface area contributed by atoms with E-state index < -0.39 is 17.8 Å². The van der Waals surface area contributed by atoms with Crippen molar-refractivity contribution >= 4 is 11.9 Å². The summed E-state index contributed by atoms with van der Waals surface area (Å²) in [5.74, 6) is -2.26. The van der Waals surface area contributed by atoms with E-state index in [9.17, 15) is 9.59 Å². The number of aliphatic carboxylic acids is 1. The Hall–Kier alpha value is -1.84. The molecule has 4 heteroatoms. The Bertz CT molecular complexity index is 456. The van der Waals surface area contributed by atoms with Gasteiger partial charge in [0.25, 0.3) is 0 Å². The van der Waals surface area contributed by atoms with Gasteiger partial charge >= 0.3 is 5.97 Å². The number of carboxylic acid groups (broad SMARTS) is 1. The fourth-order valence-electron chi connectivity index (χ4n) is 1.98. The lowest BCUT2D eigenvalue weighted by atomic mass is 9.94. The zero-order valence-corrected chi connectivity index (χ0v) is 12.5. The molecule has 0 aliphatic carbocycles. The van der Waals surface area contributed by atoms with Crippen LogP contribution in [0.3, 0.4) is 0 Å². The van der Waals surface area contributed by atoms with Gasteiger partial charge in [-0.25, -0.2) is 0 Å². The van der Waals surface area contributed by atoms with Crippen molar-refractivity contribution in [3.05, 3.63) is 35.9 Å². The summed E-state index contributed by atoms with van der Waals surface area (Å²) in [5, 5.41) is 9.04. The fourth-order valence-corrected chi connectivity index (χ4v) is 1.98. The SMILES string of the molecule is CC(C(=O)O)C(C)C(=O)N(Cc1ccccc1)C(C)C. The van der Waals surface area contributed by atoms with E-state index in [1.165, 1.54) is 0 Å². The third-order valence-electron chi connectivity index (χ3n) is 3.63. The van der Waals surface area contributed by atoms with Crippen LogP contribution in [0.2, 0.25) is 0 Å². The lowest BCUT2D eigenvalue weighted by Gasteiger charge is -2.30. The highest BCUT2D eigenvalue weighted by Crippen LogP contribution is 2.18. The standard InChI is InChI=1S/C16H23NO3/c1-11(2)17(10-14-8-6-5-7-9-14)15(18)12(3)13(4)16(19)20/h5-9,11-13H,10H2,1-4H3,(H,19,20). The van der Waals surface area contributed by atoms with Gasteiger partial charge in [-0.15, -0.1) is 0 Å². The van der Waals surface area contributed by atoms with Crippen molar-refractivity contribution in [1.29, 1.82) is 0 Å². The van der Waals surface area contributed by atoms with E-state index >= 15 is 0 Å². The minimum absolute atomic E-state index is 0.0335. The van der Waals surface area contributed by atoms with Crippen molar-refractivity contribution in [3.63, 3.8) is 0 Å². The van der Waals surface area contributed by atoms with Gasteiger partial charge in [-0.05, 0) is 19.4 Å². The molecule has 2 unspecified atom stereocenters. The second-order valence-corrected chi connectivity index (χ2v) is 5.46. The fraction of sp³-hybridized carbons (Fsp3) is 0.500. The Labute approximate surface area is 120 Å². The molecule has 4 nitrogen and oxygen atoms in total. The lowest BCUT2D eigenvalue weighted by Crippen LogP contribution is -2.42. The van der Waals surface area contributed by atoms with E-state index in [-0.39, 0.29) is 11.9 Å². The summed E-state index contributed by atoms with van der Waals surface area (Å²) in [4.78, 5) is 25.3. The summed E-state index contributed by atoms with van der Waals surface area (Å²) in [5.41, 5.74) is 1.05. The predicted octanol–water partition coefficient (Wildman–Crippen LogP) is 2.78. The van der Waals surface area contributed by atoms with Crippen molar-refractivity contribution in [2.75, 3.05) is 0 Å². The molecule has 1 rings (SSSR count). The van der Waals surface area contributed by atoms with Crippen LogP contribution in [-0.2, 0) is 16.1 Å². The Morgan fingerprint density at radius 2 is 1.60 bits per heavy atom. The molecule has 110 valence electrons. The second kappa shape index (κ2) is 7.08. The number of rotatable bonds is 6. The number of benzene rings is 1. The molecule has 0 aliphatic heterocycles. The zero-order valence-electron chi connectivity index (χ0n) is 12.5. The van der Waals surface area contributed by atoms with Gasteiger partial charge in [0.05, 0.1) is 5.92 Å². The maximum absolute atomic E-state index is 12.5. The van der Waals surface area contributed by atoms with Crippen molar-refractivity contribution in [2.24, 2.45) is 11.8 Å². The van der Waals surface area contributed by atoms with E-state index in [4.69, 9.17) is 5.11 Å². The van der Waals surface area contributed by atoms with E-state index in [2.05, 4.69) is 0 Å². The Balaban J connectivity index is 2.86. The van der Waals surface area contributed by atoms with E-state index in [1.54, 1.807) is 18.7 Å². The highest BCUT2D eigenvalue weighted by molar-refractivity contribution is 5.84. The minimum atomic E-state index is -0.936. The summed E-state index contributed by atoms with van der Waals surface area (Å²) in [6.07, 6.45) is 0. The molecule has 0 heterocycles. The molecule has 0 aliphatic rings. The van der Waals surface area contributed by atoms with Crippen molar-refractivity contribution in [1.82, 2.24) is 4.90 Å². The van der Waals surface area contributed by atoms with Gasteiger partial charge in [-0.2, -0.15) is 0 Å². The third kappa shape index (κ3) is 4.08. The quantitative estimate of drug-likeness (QED) is 0.870. The molecule has 0 saturated heterocycles. The first kappa shape index (κ1) is 16.2. The molecular weight excluding hydrogens is 254 g/mol. The van der Waals surface area contributed by atoms with Crippen molar-refractivity contribution < 1.29 is 14.7 Å². The average Bonchev–Trinajstić information content (AvgIpc) is 2.43. The van der Waals surface area contributed by atoms with Gasteiger partial charge in [0, 0.05) is 18.5 Å². The van der Waals surface area contributed by atoms with Crippen molar-refractivity contribution in [2.45, 2.75) is 40.3 Å². The number of amides is 1. The Morgan fingerprint density at radius 3 is 2.05 bits per heavy atom. The minimum Gasteiger partial charge on any atom is -0.481 e.